The topological polar surface area (TPSA) is 57.2 Å². The molecule has 1 fully saturated rings. The predicted octanol–water partition coefficient (Wildman–Crippen LogP) is 2.65. The summed E-state index contributed by atoms with van der Waals surface area (Å²) < 4.78 is 5.35. The molecule has 152 valence electrons. The number of benzene rings is 1. The molecule has 1 aliphatic heterocycles. The van der Waals surface area contributed by atoms with Crippen molar-refractivity contribution in [3.05, 3.63) is 34.9 Å². The fraction of sp³-hybridized carbons (Fsp3) is 0.579. The van der Waals surface area contributed by atoms with Gasteiger partial charge >= 0.3 is 0 Å². The van der Waals surface area contributed by atoms with Crippen LogP contribution in [-0.2, 0) is 16.0 Å². The van der Waals surface area contributed by atoms with Crippen molar-refractivity contribution in [2.45, 2.75) is 19.8 Å². The van der Waals surface area contributed by atoms with E-state index in [2.05, 4.69) is 15.2 Å². The van der Waals surface area contributed by atoms with Gasteiger partial charge in [0.2, 0.25) is 5.91 Å². The fourth-order valence-electron chi connectivity index (χ4n) is 2.95. The summed E-state index contributed by atoms with van der Waals surface area (Å²) in [5.41, 5.74) is 0.955. The molecule has 0 unspecified atom stereocenters. The first kappa shape index (κ1) is 24.0. The second-order valence-corrected chi connectivity index (χ2v) is 6.64. The van der Waals surface area contributed by atoms with Crippen LogP contribution in [0.4, 0.5) is 0 Å². The largest absolute Gasteiger partial charge is 0.382 e. The number of hydrogen-bond acceptors (Lipinski definition) is 3. The summed E-state index contributed by atoms with van der Waals surface area (Å²) in [6.07, 6.45) is 1.34. The first-order chi connectivity index (χ1) is 12.6. The second-order valence-electron chi connectivity index (χ2n) is 6.20. The van der Waals surface area contributed by atoms with Crippen LogP contribution in [0.25, 0.3) is 0 Å². The van der Waals surface area contributed by atoms with Crippen molar-refractivity contribution < 1.29 is 9.53 Å². The van der Waals surface area contributed by atoms with E-state index in [4.69, 9.17) is 16.3 Å². The Kier molecular flexibility index (Phi) is 11.7. The number of rotatable bonds is 7. The zero-order valence-electron chi connectivity index (χ0n) is 16.1. The van der Waals surface area contributed by atoms with Gasteiger partial charge in [0.1, 0.15) is 0 Å². The van der Waals surface area contributed by atoms with E-state index in [1.54, 1.807) is 7.05 Å². The van der Waals surface area contributed by atoms with Crippen molar-refractivity contribution in [1.29, 1.82) is 0 Å². The number of ether oxygens (including phenoxy) is 1. The van der Waals surface area contributed by atoms with E-state index in [-0.39, 0.29) is 29.9 Å². The summed E-state index contributed by atoms with van der Waals surface area (Å²) >= 11 is 5.99. The standard InChI is InChI=1S/C19H29ClN4O2.HI/c1-3-26-13-5-8-22-19(21-2)24-11-9-23(10-12-24)18(25)15-16-6-4-7-17(20)14-16;/h4,6-7,14H,3,5,8-13,15H2,1-2H3,(H,21,22);1H. The maximum Gasteiger partial charge on any atom is 0.227 e. The van der Waals surface area contributed by atoms with E-state index < -0.39 is 0 Å². The molecule has 0 aromatic heterocycles. The number of nitrogens with one attached hydrogen (secondary N) is 1. The summed E-state index contributed by atoms with van der Waals surface area (Å²) in [5.74, 6) is 1.04. The molecule has 1 aromatic rings. The van der Waals surface area contributed by atoms with Crippen LogP contribution in [0.2, 0.25) is 5.02 Å². The summed E-state index contributed by atoms with van der Waals surface area (Å²) in [5, 5.41) is 4.03. The van der Waals surface area contributed by atoms with Gasteiger partial charge in [-0.2, -0.15) is 0 Å². The summed E-state index contributed by atoms with van der Waals surface area (Å²) in [7, 11) is 1.79. The third kappa shape index (κ3) is 8.23. The van der Waals surface area contributed by atoms with Crippen molar-refractivity contribution in [3.63, 3.8) is 0 Å². The number of carbonyl (C=O) groups excluding carboxylic acids is 1. The molecular formula is C19H30ClIN4O2. The molecule has 0 aliphatic carbocycles. The molecule has 0 radical (unpaired) electrons. The van der Waals surface area contributed by atoms with E-state index in [1.807, 2.05) is 36.1 Å². The maximum absolute atomic E-state index is 12.5. The zero-order chi connectivity index (χ0) is 18.8. The van der Waals surface area contributed by atoms with Gasteiger partial charge < -0.3 is 19.9 Å². The van der Waals surface area contributed by atoms with Gasteiger partial charge in [0.15, 0.2) is 5.96 Å². The molecule has 0 saturated carbocycles. The highest BCUT2D eigenvalue weighted by Crippen LogP contribution is 2.13. The third-order valence-electron chi connectivity index (χ3n) is 4.34. The van der Waals surface area contributed by atoms with E-state index >= 15 is 0 Å². The molecule has 27 heavy (non-hydrogen) atoms. The molecule has 1 saturated heterocycles. The Morgan fingerprint density at radius 3 is 2.59 bits per heavy atom. The Hall–Kier alpha value is -1.06. The van der Waals surface area contributed by atoms with Gasteiger partial charge in [0.05, 0.1) is 6.42 Å². The Labute approximate surface area is 184 Å². The number of guanidine groups is 1. The highest BCUT2D eigenvalue weighted by molar-refractivity contribution is 14.0. The quantitative estimate of drug-likeness (QED) is 0.266. The first-order valence-electron chi connectivity index (χ1n) is 9.19. The lowest BCUT2D eigenvalue weighted by molar-refractivity contribution is -0.131. The molecule has 0 atom stereocenters. The number of nitrogens with zero attached hydrogens (tertiary/aromatic N) is 3. The number of amides is 1. The number of piperazine rings is 1. The summed E-state index contributed by atoms with van der Waals surface area (Å²) in [6.45, 7) is 7.32. The monoisotopic (exact) mass is 508 g/mol. The third-order valence-corrected chi connectivity index (χ3v) is 4.58. The van der Waals surface area contributed by atoms with Gasteiger partial charge in [0, 0.05) is 58.0 Å². The minimum atomic E-state index is 0. The van der Waals surface area contributed by atoms with Crippen molar-refractivity contribution >= 4 is 47.4 Å². The number of hydrogen-bond donors (Lipinski definition) is 1. The van der Waals surface area contributed by atoms with Gasteiger partial charge in [-0.3, -0.25) is 9.79 Å². The van der Waals surface area contributed by atoms with Gasteiger partial charge in [-0.1, -0.05) is 23.7 Å². The predicted molar refractivity (Wildman–Crippen MR) is 121 cm³/mol. The molecule has 0 spiro atoms. The van der Waals surface area contributed by atoms with Crippen LogP contribution in [0.3, 0.4) is 0 Å². The normalized spacial score (nSPS) is 14.7. The number of halogens is 2. The van der Waals surface area contributed by atoms with Crippen molar-refractivity contribution in [1.82, 2.24) is 15.1 Å². The van der Waals surface area contributed by atoms with Crippen molar-refractivity contribution in [3.8, 4) is 0 Å². The van der Waals surface area contributed by atoms with E-state index in [0.717, 1.165) is 50.8 Å². The van der Waals surface area contributed by atoms with Gasteiger partial charge in [-0.15, -0.1) is 24.0 Å². The SMILES string of the molecule is CCOCCCNC(=NC)N1CCN(C(=O)Cc2cccc(Cl)c2)CC1.I. The Morgan fingerprint density at radius 2 is 1.96 bits per heavy atom. The van der Waals surface area contributed by atoms with Crippen LogP contribution < -0.4 is 5.32 Å². The van der Waals surface area contributed by atoms with Gasteiger partial charge in [-0.25, -0.2) is 0 Å². The molecule has 1 N–H and O–H groups in total. The average Bonchev–Trinajstić information content (AvgIpc) is 2.65. The van der Waals surface area contributed by atoms with Crippen LogP contribution in [0.1, 0.15) is 18.9 Å². The molecule has 6 nitrogen and oxygen atoms in total. The van der Waals surface area contributed by atoms with Gasteiger partial charge in [0.25, 0.3) is 0 Å². The number of carbonyl (C=O) groups is 1. The molecule has 8 heteroatoms. The Bertz CT molecular complexity index is 607. The zero-order valence-corrected chi connectivity index (χ0v) is 19.2. The van der Waals surface area contributed by atoms with Crippen LogP contribution in [-0.4, -0.2) is 74.7 Å². The average molecular weight is 509 g/mol. The molecule has 1 aromatic carbocycles. The molecule has 1 heterocycles. The highest BCUT2D eigenvalue weighted by atomic mass is 127. The lowest BCUT2D eigenvalue weighted by Crippen LogP contribution is -2.54. The molecule has 1 aliphatic rings. The van der Waals surface area contributed by atoms with Crippen LogP contribution in [0, 0.1) is 0 Å². The van der Waals surface area contributed by atoms with E-state index in [1.165, 1.54) is 0 Å². The summed E-state index contributed by atoms with van der Waals surface area (Å²) in [6, 6.07) is 7.49. The van der Waals surface area contributed by atoms with E-state index in [0.29, 0.717) is 24.5 Å². The van der Waals surface area contributed by atoms with Crippen LogP contribution >= 0.6 is 35.6 Å². The Balaban J connectivity index is 0.00000364. The minimum absolute atomic E-state index is 0. The highest BCUT2D eigenvalue weighted by Gasteiger charge is 2.22. The minimum Gasteiger partial charge on any atom is -0.382 e. The lowest BCUT2D eigenvalue weighted by Gasteiger charge is -2.36. The molecule has 1 amide bonds. The molecular weight excluding hydrogens is 479 g/mol. The number of aliphatic imine (C=N–C) groups is 1. The fourth-order valence-corrected chi connectivity index (χ4v) is 3.16. The smallest absolute Gasteiger partial charge is 0.227 e. The first-order valence-corrected chi connectivity index (χ1v) is 9.57. The molecule has 2 rings (SSSR count). The van der Waals surface area contributed by atoms with Crippen molar-refractivity contribution in [2.24, 2.45) is 4.99 Å². The maximum atomic E-state index is 12.5. The second kappa shape index (κ2) is 13.2. The Morgan fingerprint density at radius 1 is 1.26 bits per heavy atom. The van der Waals surface area contributed by atoms with Crippen LogP contribution in [0.15, 0.2) is 29.3 Å². The van der Waals surface area contributed by atoms with E-state index in [9.17, 15) is 4.79 Å². The van der Waals surface area contributed by atoms with Gasteiger partial charge in [-0.05, 0) is 31.0 Å². The van der Waals surface area contributed by atoms with Crippen molar-refractivity contribution in [2.75, 3.05) is 53.0 Å². The molecule has 0 bridgehead atoms. The lowest BCUT2D eigenvalue weighted by atomic mass is 10.1. The van der Waals surface area contributed by atoms with Crippen LogP contribution in [0.5, 0.6) is 0 Å². The summed E-state index contributed by atoms with van der Waals surface area (Å²) in [4.78, 5) is 21.0.